The van der Waals surface area contributed by atoms with Gasteiger partial charge in [0, 0.05) is 12.1 Å². The van der Waals surface area contributed by atoms with Gasteiger partial charge in [0.05, 0.1) is 5.38 Å². The van der Waals surface area contributed by atoms with Gasteiger partial charge in [-0.15, -0.1) is 11.6 Å². The minimum absolute atomic E-state index is 0.231. The third kappa shape index (κ3) is 4.60. The fraction of sp³-hybridized carbons (Fsp3) is 0.538. The second-order valence-electron chi connectivity index (χ2n) is 4.25. The predicted octanol–water partition coefficient (Wildman–Crippen LogP) is 3.98. The second-order valence-corrected chi connectivity index (χ2v) is 4.78. The Balaban J connectivity index is 2.62. The Labute approximate surface area is 106 Å². The summed E-state index contributed by atoms with van der Waals surface area (Å²) in [6.45, 7) is 3.54. The molecule has 1 aromatic rings. The highest BCUT2D eigenvalue weighted by Gasteiger charge is 2.15. The summed E-state index contributed by atoms with van der Waals surface area (Å²) in [6.07, 6.45) is 2.18. The van der Waals surface area contributed by atoms with Gasteiger partial charge in [-0.05, 0) is 38.2 Å². The molecule has 0 aliphatic rings. The van der Waals surface area contributed by atoms with Crippen LogP contribution in [0.15, 0.2) is 18.2 Å². The van der Waals surface area contributed by atoms with Crippen LogP contribution in [0.1, 0.15) is 30.7 Å². The van der Waals surface area contributed by atoms with Crippen LogP contribution in [0.4, 0.5) is 8.78 Å². The van der Waals surface area contributed by atoms with E-state index >= 15 is 0 Å². The normalized spacial score (nSPS) is 13.1. The Bertz CT molecular complexity index is 357. The van der Waals surface area contributed by atoms with Crippen LogP contribution in [0.2, 0.25) is 0 Å². The second kappa shape index (κ2) is 6.92. The lowest BCUT2D eigenvalue weighted by molar-refractivity contribution is 0.326. The molecular formula is C13H18ClF2N. The maximum absolute atomic E-state index is 13.5. The fourth-order valence-electron chi connectivity index (χ4n) is 1.65. The van der Waals surface area contributed by atoms with E-state index in [1.54, 1.807) is 0 Å². The summed E-state index contributed by atoms with van der Waals surface area (Å²) in [7, 11) is 1.93. The smallest absolute Gasteiger partial charge is 0.128 e. The van der Waals surface area contributed by atoms with E-state index in [4.69, 9.17) is 11.6 Å². The lowest BCUT2D eigenvalue weighted by Gasteiger charge is -2.20. The monoisotopic (exact) mass is 261 g/mol. The molecule has 0 N–H and O–H groups in total. The van der Waals surface area contributed by atoms with Crippen molar-refractivity contribution in [2.45, 2.75) is 25.1 Å². The molecule has 0 aliphatic heterocycles. The van der Waals surface area contributed by atoms with Crippen molar-refractivity contribution in [3.8, 4) is 0 Å². The molecule has 0 bridgehead atoms. The highest BCUT2D eigenvalue weighted by molar-refractivity contribution is 6.21. The van der Waals surface area contributed by atoms with E-state index in [1.165, 1.54) is 6.07 Å². The summed E-state index contributed by atoms with van der Waals surface area (Å²) in [4.78, 5) is 2.03. The van der Waals surface area contributed by atoms with E-state index in [-0.39, 0.29) is 5.56 Å². The minimum atomic E-state index is -0.521. The van der Waals surface area contributed by atoms with Crippen LogP contribution in [0.3, 0.4) is 0 Å². The fourth-order valence-corrected chi connectivity index (χ4v) is 2.05. The summed E-state index contributed by atoms with van der Waals surface area (Å²) in [6, 6.07) is 3.38. The first kappa shape index (κ1) is 14.4. The van der Waals surface area contributed by atoms with Crippen LogP contribution in [-0.2, 0) is 0 Å². The molecule has 17 heavy (non-hydrogen) atoms. The van der Waals surface area contributed by atoms with Crippen LogP contribution >= 0.6 is 11.6 Å². The SMILES string of the molecule is CCCCN(C)CC(Cl)c1cc(F)ccc1F. The van der Waals surface area contributed by atoms with E-state index in [2.05, 4.69) is 6.92 Å². The summed E-state index contributed by atoms with van der Waals surface area (Å²) in [5, 5.41) is -0.521. The number of unbranched alkanes of at least 4 members (excludes halogenated alkanes) is 1. The first-order valence-electron chi connectivity index (χ1n) is 5.82. The standard InChI is InChI=1S/C13H18ClF2N/c1-3-4-7-17(2)9-12(14)11-8-10(15)5-6-13(11)16/h5-6,8,12H,3-4,7,9H2,1-2H3. The van der Waals surface area contributed by atoms with Gasteiger partial charge in [0.25, 0.3) is 0 Å². The van der Waals surface area contributed by atoms with E-state index in [1.807, 2.05) is 11.9 Å². The molecule has 0 fully saturated rings. The molecule has 0 saturated heterocycles. The Morgan fingerprint density at radius 1 is 1.35 bits per heavy atom. The Morgan fingerprint density at radius 3 is 2.71 bits per heavy atom. The zero-order valence-electron chi connectivity index (χ0n) is 10.2. The number of benzene rings is 1. The van der Waals surface area contributed by atoms with Gasteiger partial charge in [-0.3, -0.25) is 0 Å². The molecule has 1 nitrogen and oxygen atoms in total. The van der Waals surface area contributed by atoms with E-state index in [0.29, 0.717) is 6.54 Å². The van der Waals surface area contributed by atoms with Gasteiger partial charge in [0.2, 0.25) is 0 Å². The molecule has 96 valence electrons. The van der Waals surface area contributed by atoms with Crippen LogP contribution in [-0.4, -0.2) is 25.0 Å². The van der Waals surface area contributed by atoms with Crippen molar-refractivity contribution in [3.63, 3.8) is 0 Å². The van der Waals surface area contributed by atoms with E-state index < -0.39 is 17.0 Å². The molecule has 0 aromatic heterocycles. The third-order valence-electron chi connectivity index (χ3n) is 2.66. The molecule has 1 rings (SSSR count). The van der Waals surface area contributed by atoms with Gasteiger partial charge in [-0.1, -0.05) is 13.3 Å². The number of rotatable bonds is 6. The first-order valence-corrected chi connectivity index (χ1v) is 6.25. The van der Waals surface area contributed by atoms with Crippen molar-refractivity contribution >= 4 is 11.6 Å². The average molecular weight is 262 g/mol. The predicted molar refractivity (Wildman–Crippen MR) is 67.4 cm³/mol. The summed E-state index contributed by atoms with van der Waals surface area (Å²) in [5.41, 5.74) is 0.231. The maximum atomic E-state index is 13.5. The largest absolute Gasteiger partial charge is 0.305 e. The maximum Gasteiger partial charge on any atom is 0.128 e. The van der Waals surface area contributed by atoms with Gasteiger partial charge in [0.1, 0.15) is 11.6 Å². The number of likely N-dealkylation sites (N-methyl/N-ethyl adjacent to an activating group) is 1. The van der Waals surface area contributed by atoms with Crippen molar-refractivity contribution in [1.82, 2.24) is 4.90 Å². The van der Waals surface area contributed by atoms with Gasteiger partial charge in [-0.2, -0.15) is 0 Å². The van der Waals surface area contributed by atoms with Crippen molar-refractivity contribution in [3.05, 3.63) is 35.4 Å². The molecule has 1 atom stereocenters. The van der Waals surface area contributed by atoms with Crippen LogP contribution < -0.4 is 0 Å². The average Bonchev–Trinajstić information content (AvgIpc) is 2.29. The van der Waals surface area contributed by atoms with Gasteiger partial charge < -0.3 is 4.90 Å². The Kier molecular flexibility index (Phi) is 5.86. The number of nitrogens with zero attached hydrogens (tertiary/aromatic N) is 1. The number of hydrogen-bond acceptors (Lipinski definition) is 1. The molecular weight excluding hydrogens is 244 g/mol. The van der Waals surface area contributed by atoms with Crippen LogP contribution in [0.25, 0.3) is 0 Å². The van der Waals surface area contributed by atoms with Crippen molar-refractivity contribution in [2.75, 3.05) is 20.1 Å². The summed E-state index contributed by atoms with van der Waals surface area (Å²) in [5.74, 6) is -0.904. The van der Waals surface area contributed by atoms with Crippen molar-refractivity contribution < 1.29 is 8.78 Å². The molecule has 0 radical (unpaired) electrons. The third-order valence-corrected chi connectivity index (χ3v) is 3.03. The summed E-state index contributed by atoms with van der Waals surface area (Å²) < 4.78 is 26.5. The van der Waals surface area contributed by atoms with Gasteiger partial charge in [-0.25, -0.2) is 8.78 Å². The van der Waals surface area contributed by atoms with E-state index in [9.17, 15) is 8.78 Å². The van der Waals surface area contributed by atoms with Crippen molar-refractivity contribution in [1.29, 1.82) is 0 Å². The van der Waals surface area contributed by atoms with Crippen molar-refractivity contribution in [2.24, 2.45) is 0 Å². The molecule has 1 aromatic carbocycles. The lowest BCUT2D eigenvalue weighted by Crippen LogP contribution is -2.24. The molecule has 0 saturated carbocycles. The highest BCUT2D eigenvalue weighted by Crippen LogP contribution is 2.24. The molecule has 0 amide bonds. The Morgan fingerprint density at radius 2 is 2.06 bits per heavy atom. The van der Waals surface area contributed by atoms with E-state index in [0.717, 1.165) is 31.5 Å². The quantitative estimate of drug-likeness (QED) is 0.700. The Hall–Kier alpha value is -0.670. The van der Waals surface area contributed by atoms with Crippen LogP contribution in [0, 0.1) is 11.6 Å². The number of hydrogen-bond donors (Lipinski definition) is 0. The topological polar surface area (TPSA) is 3.24 Å². The zero-order chi connectivity index (χ0) is 12.8. The molecule has 4 heteroatoms. The molecule has 0 spiro atoms. The van der Waals surface area contributed by atoms with Gasteiger partial charge >= 0.3 is 0 Å². The van der Waals surface area contributed by atoms with Gasteiger partial charge in [0.15, 0.2) is 0 Å². The molecule has 0 heterocycles. The minimum Gasteiger partial charge on any atom is -0.305 e. The number of halogens is 3. The highest BCUT2D eigenvalue weighted by atomic mass is 35.5. The summed E-state index contributed by atoms with van der Waals surface area (Å²) >= 11 is 6.11. The zero-order valence-corrected chi connectivity index (χ0v) is 11.0. The number of alkyl halides is 1. The first-order chi connectivity index (χ1) is 8.04. The van der Waals surface area contributed by atoms with Crippen LogP contribution in [0.5, 0.6) is 0 Å². The molecule has 1 unspecified atom stereocenters. The molecule has 0 aliphatic carbocycles. The lowest BCUT2D eigenvalue weighted by atomic mass is 10.1.